The van der Waals surface area contributed by atoms with Crippen LogP contribution in [0.1, 0.15) is 11.1 Å². The SMILES string of the molecule is N#C/C(=C/N1CCN(Cc2ccccc2)CC1)C(=O)NCc1ccccc1Cl. The molecular formula is C22H23ClN4O. The van der Waals surface area contributed by atoms with Gasteiger partial charge in [-0.1, -0.05) is 60.1 Å². The smallest absolute Gasteiger partial charge is 0.263 e. The number of benzene rings is 2. The molecule has 28 heavy (non-hydrogen) atoms. The quantitative estimate of drug-likeness (QED) is 0.604. The lowest BCUT2D eigenvalue weighted by Gasteiger charge is -2.34. The Hall–Kier alpha value is -2.81. The molecule has 3 rings (SSSR count). The second-order valence-corrected chi connectivity index (χ2v) is 7.13. The predicted molar refractivity (Wildman–Crippen MR) is 110 cm³/mol. The summed E-state index contributed by atoms with van der Waals surface area (Å²) in [4.78, 5) is 16.8. The van der Waals surface area contributed by atoms with E-state index in [1.54, 1.807) is 12.3 Å². The molecule has 1 N–H and O–H groups in total. The Morgan fingerprint density at radius 2 is 1.75 bits per heavy atom. The van der Waals surface area contributed by atoms with Gasteiger partial charge in [0.15, 0.2) is 0 Å². The fourth-order valence-corrected chi connectivity index (χ4v) is 3.33. The number of nitrogens with one attached hydrogen (secondary N) is 1. The molecule has 0 radical (unpaired) electrons. The molecule has 1 aliphatic heterocycles. The van der Waals surface area contributed by atoms with Crippen LogP contribution in [0.5, 0.6) is 0 Å². The van der Waals surface area contributed by atoms with Crippen LogP contribution in [0, 0.1) is 11.3 Å². The van der Waals surface area contributed by atoms with Crippen LogP contribution >= 0.6 is 11.6 Å². The predicted octanol–water partition coefficient (Wildman–Crippen LogP) is 3.18. The van der Waals surface area contributed by atoms with E-state index in [2.05, 4.69) is 34.5 Å². The van der Waals surface area contributed by atoms with Crippen LogP contribution in [-0.2, 0) is 17.9 Å². The number of hydrogen-bond donors (Lipinski definition) is 1. The summed E-state index contributed by atoms with van der Waals surface area (Å²) in [6.07, 6.45) is 1.67. The first-order valence-corrected chi connectivity index (χ1v) is 9.67. The second kappa shape index (κ2) is 9.93. The number of hydrogen-bond acceptors (Lipinski definition) is 4. The molecule has 0 saturated carbocycles. The first-order chi connectivity index (χ1) is 13.7. The molecule has 144 valence electrons. The van der Waals surface area contributed by atoms with E-state index in [9.17, 15) is 10.1 Å². The van der Waals surface area contributed by atoms with E-state index in [-0.39, 0.29) is 11.5 Å². The van der Waals surface area contributed by atoms with E-state index in [1.165, 1.54) is 5.56 Å². The zero-order valence-electron chi connectivity index (χ0n) is 15.6. The Morgan fingerprint density at radius 3 is 2.43 bits per heavy atom. The van der Waals surface area contributed by atoms with Gasteiger partial charge in [-0.15, -0.1) is 0 Å². The van der Waals surface area contributed by atoms with Gasteiger partial charge in [0.2, 0.25) is 0 Å². The van der Waals surface area contributed by atoms with Gasteiger partial charge in [0.05, 0.1) is 0 Å². The largest absolute Gasteiger partial charge is 0.374 e. The van der Waals surface area contributed by atoms with Crippen LogP contribution in [0.2, 0.25) is 5.02 Å². The molecule has 1 heterocycles. The van der Waals surface area contributed by atoms with Crippen molar-refractivity contribution in [2.45, 2.75) is 13.1 Å². The highest BCUT2D eigenvalue weighted by atomic mass is 35.5. The number of carbonyl (C=O) groups excluding carboxylic acids is 1. The minimum Gasteiger partial charge on any atom is -0.374 e. The maximum atomic E-state index is 12.4. The molecule has 1 amide bonds. The van der Waals surface area contributed by atoms with Crippen molar-refractivity contribution in [1.29, 1.82) is 5.26 Å². The summed E-state index contributed by atoms with van der Waals surface area (Å²) < 4.78 is 0. The normalized spacial score (nSPS) is 15.1. The molecule has 2 aromatic carbocycles. The Labute approximate surface area is 170 Å². The van der Waals surface area contributed by atoms with Crippen LogP contribution < -0.4 is 5.32 Å². The van der Waals surface area contributed by atoms with Gasteiger partial charge in [0.1, 0.15) is 11.6 Å². The topological polar surface area (TPSA) is 59.4 Å². The average molecular weight is 395 g/mol. The van der Waals surface area contributed by atoms with Gasteiger partial charge in [-0.25, -0.2) is 0 Å². The molecule has 6 heteroatoms. The van der Waals surface area contributed by atoms with Crippen molar-refractivity contribution in [2.75, 3.05) is 26.2 Å². The number of carbonyl (C=O) groups is 1. The van der Waals surface area contributed by atoms with Crippen molar-refractivity contribution < 1.29 is 4.79 Å². The fourth-order valence-electron chi connectivity index (χ4n) is 3.13. The molecular weight excluding hydrogens is 372 g/mol. The summed E-state index contributed by atoms with van der Waals surface area (Å²) in [6.45, 7) is 4.58. The maximum absolute atomic E-state index is 12.4. The highest BCUT2D eigenvalue weighted by molar-refractivity contribution is 6.31. The average Bonchev–Trinajstić information content (AvgIpc) is 2.73. The van der Waals surface area contributed by atoms with Crippen LogP contribution in [-0.4, -0.2) is 41.9 Å². The van der Waals surface area contributed by atoms with Crippen molar-refractivity contribution in [1.82, 2.24) is 15.1 Å². The van der Waals surface area contributed by atoms with Crippen molar-refractivity contribution in [3.05, 3.63) is 82.5 Å². The van der Waals surface area contributed by atoms with E-state index < -0.39 is 0 Å². The fraction of sp³-hybridized carbons (Fsp3) is 0.273. The Balaban J connectivity index is 1.51. The zero-order valence-corrected chi connectivity index (χ0v) is 16.4. The molecule has 5 nitrogen and oxygen atoms in total. The van der Waals surface area contributed by atoms with Gasteiger partial charge in [0.25, 0.3) is 5.91 Å². The number of halogens is 1. The molecule has 1 aliphatic rings. The minimum absolute atomic E-state index is 0.114. The standard InChI is InChI=1S/C22H23ClN4O/c23-21-9-5-4-8-19(21)15-25-22(28)20(14-24)17-27-12-10-26(11-13-27)16-18-6-2-1-3-7-18/h1-9,17H,10-13,15-16H2,(H,25,28)/b20-17-. The van der Waals surface area contributed by atoms with Gasteiger partial charge in [0, 0.05) is 50.5 Å². The van der Waals surface area contributed by atoms with Crippen molar-refractivity contribution >= 4 is 17.5 Å². The lowest BCUT2D eigenvalue weighted by atomic mass is 10.2. The van der Waals surface area contributed by atoms with Gasteiger partial charge < -0.3 is 10.2 Å². The number of rotatable bonds is 6. The molecule has 1 fully saturated rings. The highest BCUT2D eigenvalue weighted by Gasteiger charge is 2.17. The van der Waals surface area contributed by atoms with Gasteiger partial charge in [-0.05, 0) is 17.2 Å². The molecule has 0 bridgehead atoms. The summed E-state index contributed by atoms with van der Waals surface area (Å²) in [5.41, 5.74) is 2.23. The van der Waals surface area contributed by atoms with Crippen LogP contribution in [0.4, 0.5) is 0 Å². The second-order valence-electron chi connectivity index (χ2n) is 6.73. The summed E-state index contributed by atoms with van der Waals surface area (Å²) in [5, 5.41) is 12.8. The number of piperazine rings is 1. The Morgan fingerprint density at radius 1 is 1.07 bits per heavy atom. The van der Waals surface area contributed by atoms with Gasteiger partial charge in [-0.2, -0.15) is 5.26 Å². The van der Waals surface area contributed by atoms with Crippen molar-refractivity contribution in [2.24, 2.45) is 0 Å². The van der Waals surface area contributed by atoms with Crippen LogP contribution in [0.3, 0.4) is 0 Å². The number of amides is 1. The van der Waals surface area contributed by atoms with E-state index >= 15 is 0 Å². The van der Waals surface area contributed by atoms with Crippen molar-refractivity contribution in [3.63, 3.8) is 0 Å². The molecule has 1 saturated heterocycles. The summed E-state index contributed by atoms with van der Waals surface area (Å²) in [6, 6.07) is 19.7. The number of nitrogens with zero attached hydrogens (tertiary/aromatic N) is 3. The summed E-state index contributed by atoms with van der Waals surface area (Å²) in [5.74, 6) is -0.380. The molecule has 0 unspecified atom stereocenters. The molecule has 0 spiro atoms. The first-order valence-electron chi connectivity index (χ1n) is 9.29. The molecule has 0 atom stereocenters. The van der Waals surface area contributed by atoms with Crippen LogP contribution in [0.15, 0.2) is 66.4 Å². The van der Waals surface area contributed by atoms with Crippen LogP contribution in [0.25, 0.3) is 0 Å². The molecule has 0 aliphatic carbocycles. The van der Waals surface area contributed by atoms with E-state index in [4.69, 9.17) is 11.6 Å². The summed E-state index contributed by atoms with van der Waals surface area (Å²) in [7, 11) is 0. The Kier molecular flexibility index (Phi) is 7.07. The summed E-state index contributed by atoms with van der Waals surface area (Å²) >= 11 is 6.10. The number of nitriles is 1. The maximum Gasteiger partial charge on any atom is 0.263 e. The van der Waals surface area contributed by atoms with Gasteiger partial charge in [-0.3, -0.25) is 9.69 Å². The van der Waals surface area contributed by atoms with Gasteiger partial charge >= 0.3 is 0 Å². The lowest BCUT2D eigenvalue weighted by Crippen LogP contribution is -2.44. The lowest BCUT2D eigenvalue weighted by molar-refractivity contribution is -0.117. The highest BCUT2D eigenvalue weighted by Crippen LogP contribution is 2.15. The Bertz CT molecular complexity index is 868. The third-order valence-electron chi connectivity index (χ3n) is 4.73. The third-order valence-corrected chi connectivity index (χ3v) is 5.10. The minimum atomic E-state index is -0.380. The van der Waals surface area contributed by atoms with E-state index in [1.807, 2.05) is 35.2 Å². The monoisotopic (exact) mass is 394 g/mol. The third kappa shape index (κ3) is 5.59. The van der Waals surface area contributed by atoms with E-state index in [0.717, 1.165) is 38.3 Å². The molecule has 2 aromatic rings. The van der Waals surface area contributed by atoms with E-state index in [0.29, 0.717) is 11.6 Å². The molecule has 0 aromatic heterocycles. The first kappa shape index (κ1) is 19.9. The zero-order chi connectivity index (χ0) is 19.8. The van der Waals surface area contributed by atoms with Crippen molar-refractivity contribution in [3.8, 4) is 6.07 Å².